The predicted octanol–water partition coefficient (Wildman–Crippen LogP) is 3.05. The molecule has 1 aromatic heterocycles. The molecule has 0 aliphatic rings. The molecule has 2 rings (SSSR count). The van der Waals surface area contributed by atoms with Crippen molar-refractivity contribution < 1.29 is 27.9 Å². The van der Waals surface area contributed by atoms with E-state index in [4.69, 9.17) is 5.11 Å². The molecule has 0 atom stereocenters. The fourth-order valence-corrected chi connectivity index (χ4v) is 2.82. The molecule has 23 heavy (non-hydrogen) atoms. The number of aliphatic carboxylic acids is 1. The number of carbonyl (C=O) groups is 2. The SMILES string of the molecule is C=CN(Cc1nc2c(F)c(F)cc(F)c2s1)C(=O)CCC(=O)O. The zero-order chi connectivity index (χ0) is 17.1. The number of thiazole rings is 1. The standard InChI is InChI=1S/C14H11F3N2O3S/c1-2-19(10(20)3-4-11(21)22)6-9-18-13-12(17)7(15)5-8(16)14(13)23-9/h2,5H,1,3-4,6H2,(H,21,22). The molecule has 1 amide bonds. The molecule has 2 aromatic rings. The highest BCUT2D eigenvalue weighted by Gasteiger charge is 2.19. The maximum absolute atomic E-state index is 13.6. The average Bonchev–Trinajstić information content (AvgIpc) is 2.92. The first kappa shape index (κ1) is 16.9. The summed E-state index contributed by atoms with van der Waals surface area (Å²) in [6, 6.07) is 0.433. The number of carboxylic acids is 1. The predicted molar refractivity (Wildman–Crippen MR) is 77.1 cm³/mol. The smallest absolute Gasteiger partial charge is 0.303 e. The summed E-state index contributed by atoms with van der Waals surface area (Å²) in [6.45, 7) is 3.30. The van der Waals surface area contributed by atoms with Gasteiger partial charge < -0.3 is 10.0 Å². The van der Waals surface area contributed by atoms with Crippen LogP contribution in [0.15, 0.2) is 18.8 Å². The number of nitrogens with zero attached hydrogens (tertiary/aromatic N) is 2. The highest BCUT2D eigenvalue weighted by atomic mass is 32.1. The third-order valence-corrected chi connectivity index (χ3v) is 4.01. The van der Waals surface area contributed by atoms with Crippen LogP contribution in [-0.4, -0.2) is 26.9 Å². The summed E-state index contributed by atoms with van der Waals surface area (Å²) in [4.78, 5) is 27.2. The molecule has 0 radical (unpaired) electrons. The number of benzene rings is 1. The zero-order valence-electron chi connectivity index (χ0n) is 11.7. The van der Waals surface area contributed by atoms with Gasteiger partial charge in [-0.3, -0.25) is 9.59 Å². The van der Waals surface area contributed by atoms with Crippen LogP contribution in [0.4, 0.5) is 13.2 Å². The maximum Gasteiger partial charge on any atom is 0.303 e. The second-order valence-corrected chi connectivity index (χ2v) is 5.62. The quantitative estimate of drug-likeness (QED) is 0.818. The fourth-order valence-electron chi connectivity index (χ4n) is 1.85. The van der Waals surface area contributed by atoms with E-state index in [0.717, 1.165) is 16.2 Å². The van der Waals surface area contributed by atoms with Crippen molar-refractivity contribution in [3.63, 3.8) is 0 Å². The van der Waals surface area contributed by atoms with Crippen molar-refractivity contribution in [3.05, 3.63) is 41.3 Å². The van der Waals surface area contributed by atoms with Crippen LogP contribution >= 0.6 is 11.3 Å². The maximum atomic E-state index is 13.6. The lowest BCUT2D eigenvalue weighted by Crippen LogP contribution is -2.25. The monoisotopic (exact) mass is 344 g/mol. The van der Waals surface area contributed by atoms with Gasteiger partial charge in [0, 0.05) is 18.7 Å². The summed E-state index contributed by atoms with van der Waals surface area (Å²) in [5.41, 5.74) is -0.440. The van der Waals surface area contributed by atoms with E-state index in [1.165, 1.54) is 6.20 Å². The molecule has 0 saturated heterocycles. The molecule has 122 valence electrons. The molecule has 0 aliphatic carbocycles. The number of carboxylic acid groups (broad SMARTS) is 1. The first-order valence-electron chi connectivity index (χ1n) is 6.40. The van der Waals surface area contributed by atoms with E-state index in [1.54, 1.807) is 0 Å². The first-order valence-corrected chi connectivity index (χ1v) is 7.22. The molecule has 1 N–H and O–H groups in total. The molecule has 0 unspecified atom stereocenters. The van der Waals surface area contributed by atoms with Gasteiger partial charge in [-0.05, 0) is 0 Å². The molecule has 1 aromatic carbocycles. The Hall–Kier alpha value is -2.42. The molecule has 9 heteroatoms. The van der Waals surface area contributed by atoms with E-state index in [0.29, 0.717) is 6.07 Å². The van der Waals surface area contributed by atoms with Crippen LogP contribution in [0.5, 0.6) is 0 Å². The Morgan fingerprint density at radius 3 is 2.61 bits per heavy atom. The van der Waals surface area contributed by atoms with Crippen molar-refractivity contribution in [2.75, 3.05) is 0 Å². The van der Waals surface area contributed by atoms with Gasteiger partial charge in [-0.15, -0.1) is 11.3 Å². The van der Waals surface area contributed by atoms with Gasteiger partial charge in [0.05, 0.1) is 17.7 Å². The summed E-state index contributed by atoms with van der Waals surface area (Å²) in [7, 11) is 0. The minimum Gasteiger partial charge on any atom is -0.481 e. The fraction of sp³-hybridized carbons (Fsp3) is 0.214. The molecule has 0 bridgehead atoms. The number of amides is 1. The van der Waals surface area contributed by atoms with Gasteiger partial charge in [0.2, 0.25) is 5.91 Å². The van der Waals surface area contributed by atoms with E-state index in [9.17, 15) is 22.8 Å². The lowest BCUT2D eigenvalue weighted by atomic mass is 10.3. The number of rotatable bonds is 6. The Balaban J connectivity index is 2.25. The van der Waals surface area contributed by atoms with Gasteiger partial charge in [-0.25, -0.2) is 18.2 Å². The lowest BCUT2D eigenvalue weighted by molar-refractivity contribution is -0.140. The van der Waals surface area contributed by atoms with E-state index in [2.05, 4.69) is 11.6 Å². The molecule has 0 spiro atoms. The van der Waals surface area contributed by atoms with Crippen LogP contribution < -0.4 is 0 Å². The van der Waals surface area contributed by atoms with Crippen LogP contribution in [0.3, 0.4) is 0 Å². The number of hydrogen-bond donors (Lipinski definition) is 1. The van der Waals surface area contributed by atoms with E-state index < -0.39 is 34.8 Å². The minimum absolute atomic E-state index is 0.137. The van der Waals surface area contributed by atoms with E-state index in [-0.39, 0.29) is 29.1 Å². The number of halogens is 3. The molecule has 0 aliphatic heterocycles. The number of carbonyl (C=O) groups excluding carboxylic acids is 1. The minimum atomic E-state index is -1.34. The Labute approximate surface area is 132 Å². The van der Waals surface area contributed by atoms with E-state index in [1.807, 2.05) is 0 Å². The summed E-state index contributed by atoms with van der Waals surface area (Å²) in [5.74, 6) is -5.18. The van der Waals surface area contributed by atoms with Crippen molar-refractivity contribution in [1.82, 2.24) is 9.88 Å². The molecule has 0 saturated carbocycles. The van der Waals surface area contributed by atoms with Crippen molar-refractivity contribution in [1.29, 1.82) is 0 Å². The highest BCUT2D eigenvalue weighted by molar-refractivity contribution is 7.18. The van der Waals surface area contributed by atoms with Crippen LogP contribution in [0, 0.1) is 17.5 Å². The van der Waals surface area contributed by atoms with Gasteiger partial charge in [0.15, 0.2) is 11.6 Å². The molecule has 0 fully saturated rings. The van der Waals surface area contributed by atoms with Crippen LogP contribution in [-0.2, 0) is 16.1 Å². The number of hydrogen-bond acceptors (Lipinski definition) is 4. The summed E-state index contributed by atoms with van der Waals surface area (Å²) in [5, 5.41) is 8.74. The average molecular weight is 344 g/mol. The molecular formula is C14H11F3N2O3S. The van der Waals surface area contributed by atoms with Crippen molar-refractivity contribution in [3.8, 4) is 0 Å². The van der Waals surface area contributed by atoms with Crippen molar-refractivity contribution >= 4 is 33.4 Å². The number of aromatic nitrogens is 1. The molecule has 1 heterocycles. The Morgan fingerprint density at radius 1 is 1.30 bits per heavy atom. The highest BCUT2D eigenvalue weighted by Crippen LogP contribution is 2.29. The topological polar surface area (TPSA) is 70.5 Å². The lowest BCUT2D eigenvalue weighted by Gasteiger charge is -2.15. The largest absolute Gasteiger partial charge is 0.481 e. The Kier molecular flexibility index (Phi) is 4.99. The third-order valence-electron chi connectivity index (χ3n) is 2.96. The second kappa shape index (κ2) is 6.78. The normalized spacial score (nSPS) is 10.7. The third kappa shape index (κ3) is 3.67. The van der Waals surface area contributed by atoms with Crippen LogP contribution in [0.25, 0.3) is 10.2 Å². The summed E-state index contributed by atoms with van der Waals surface area (Å²) < 4.78 is 40.3. The Bertz CT molecular complexity index is 791. The van der Waals surface area contributed by atoms with Gasteiger partial charge in [-0.1, -0.05) is 6.58 Å². The van der Waals surface area contributed by atoms with Crippen molar-refractivity contribution in [2.45, 2.75) is 19.4 Å². The van der Waals surface area contributed by atoms with Gasteiger partial charge >= 0.3 is 5.97 Å². The van der Waals surface area contributed by atoms with E-state index >= 15 is 0 Å². The van der Waals surface area contributed by atoms with Crippen LogP contribution in [0.1, 0.15) is 17.8 Å². The van der Waals surface area contributed by atoms with Gasteiger partial charge in [-0.2, -0.15) is 0 Å². The summed E-state index contributed by atoms with van der Waals surface area (Å²) >= 11 is 0.781. The Morgan fingerprint density at radius 2 is 2.00 bits per heavy atom. The summed E-state index contributed by atoms with van der Waals surface area (Å²) in [6.07, 6.45) is 0.574. The second-order valence-electron chi connectivity index (χ2n) is 4.54. The number of fused-ring (bicyclic) bond motifs is 1. The van der Waals surface area contributed by atoms with Gasteiger partial charge in [0.25, 0.3) is 0 Å². The van der Waals surface area contributed by atoms with Crippen LogP contribution in [0.2, 0.25) is 0 Å². The first-order chi connectivity index (χ1) is 10.8. The molecular weight excluding hydrogens is 333 g/mol. The molecule has 5 nitrogen and oxygen atoms in total. The zero-order valence-corrected chi connectivity index (χ0v) is 12.5. The van der Waals surface area contributed by atoms with Crippen molar-refractivity contribution in [2.24, 2.45) is 0 Å². The van der Waals surface area contributed by atoms with Gasteiger partial charge in [0.1, 0.15) is 16.3 Å².